The molecule has 2 aromatic carbocycles. The molecule has 0 saturated heterocycles. The number of benzene rings is 2. The topological polar surface area (TPSA) is 58.6 Å². The van der Waals surface area contributed by atoms with Crippen LogP contribution in [0.2, 0.25) is 0 Å². The molecule has 0 unspecified atom stereocenters. The largest absolute Gasteiger partial charge is 0.481 e. The number of carbonyl (C=O) groups excluding carboxylic acids is 2. The quantitative estimate of drug-likeness (QED) is 0.919. The van der Waals surface area contributed by atoms with Gasteiger partial charge in [0.1, 0.15) is 5.75 Å². The molecule has 1 aliphatic carbocycles. The number of amides is 2. The van der Waals surface area contributed by atoms with E-state index in [0.29, 0.717) is 29.5 Å². The zero-order valence-electron chi connectivity index (χ0n) is 14.8. The summed E-state index contributed by atoms with van der Waals surface area (Å²) >= 11 is 0. The van der Waals surface area contributed by atoms with Crippen molar-refractivity contribution in [1.29, 1.82) is 0 Å². The van der Waals surface area contributed by atoms with E-state index in [1.54, 1.807) is 19.1 Å². The Morgan fingerprint density at radius 1 is 1.19 bits per heavy atom. The third-order valence-electron chi connectivity index (χ3n) is 4.85. The minimum Gasteiger partial charge on any atom is -0.481 e. The summed E-state index contributed by atoms with van der Waals surface area (Å²) in [5, 5.41) is 2.92. The van der Waals surface area contributed by atoms with Crippen LogP contribution in [0.15, 0.2) is 48.5 Å². The van der Waals surface area contributed by atoms with Crippen LogP contribution in [0.4, 0.5) is 5.69 Å². The number of nitrogens with zero attached hydrogens (tertiary/aromatic N) is 1. The summed E-state index contributed by atoms with van der Waals surface area (Å²) in [6.45, 7) is 3.10. The third kappa shape index (κ3) is 3.57. The molecule has 1 fully saturated rings. The maximum absolute atomic E-state index is 12.6. The molecule has 0 radical (unpaired) electrons. The Hall–Kier alpha value is -2.82. The fourth-order valence-corrected chi connectivity index (χ4v) is 3.24. The van der Waals surface area contributed by atoms with E-state index in [2.05, 4.69) is 5.32 Å². The first kappa shape index (κ1) is 16.6. The van der Waals surface area contributed by atoms with Crippen molar-refractivity contribution in [2.24, 2.45) is 5.92 Å². The Bertz CT molecular complexity index is 830. The minimum atomic E-state index is -0.486. The average molecular weight is 350 g/mol. The van der Waals surface area contributed by atoms with Crippen LogP contribution in [0.1, 0.15) is 35.7 Å². The van der Waals surface area contributed by atoms with Crippen molar-refractivity contribution in [3.05, 3.63) is 59.7 Å². The molecule has 1 heterocycles. The monoisotopic (exact) mass is 350 g/mol. The summed E-state index contributed by atoms with van der Waals surface area (Å²) in [6.07, 6.45) is 1.90. The molecule has 1 saturated carbocycles. The molecule has 134 valence electrons. The molecule has 0 bridgehead atoms. The van der Waals surface area contributed by atoms with Gasteiger partial charge in [-0.15, -0.1) is 0 Å². The van der Waals surface area contributed by atoms with E-state index in [9.17, 15) is 9.59 Å². The van der Waals surface area contributed by atoms with Crippen molar-refractivity contribution in [3.8, 4) is 5.75 Å². The smallest absolute Gasteiger partial charge is 0.263 e. The molecule has 0 aromatic heterocycles. The van der Waals surface area contributed by atoms with Gasteiger partial charge >= 0.3 is 0 Å². The summed E-state index contributed by atoms with van der Waals surface area (Å²) in [5.41, 5.74) is 2.24. The number of carbonyl (C=O) groups is 2. The van der Waals surface area contributed by atoms with Crippen LogP contribution < -0.4 is 10.1 Å². The maximum atomic E-state index is 12.6. The van der Waals surface area contributed by atoms with E-state index in [0.717, 1.165) is 12.1 Å². The van der Waals surface area contributed by atoms with Crippen molar-refractivity contribution >= 4 is 17.5 Å². The molecule has 5 heteroatoms. The normalized spacial score (nSPS) is 19.3. The number of hydrogen-bond donors (Lipinski definition) is 1. The van der Waals surface area contributed by atoms with Crippen LogP contribution >= 0.6 is 0 Å². The SMILES string of the molecule is C[C@H]1Oc2ccc(NC(=O)c3ccccc3)cc2CN(CC2CC2)C1=O. The average Bonchev–Trinajstić information content (AvgIpc) is 3.47. The lowest BCUT2D eigenvalue weighted by atomic mass is 10.1. The van der Waals surface area contributed by atoms with Crippen LogP contribution in [-0.4, -0.2) is 29.4 Å². The van der Waals surface area contributed by atoms with Gasteiger partial charge in [-0.25, -0.2) is 0 Å². The van der Waals surface area contributed by atoms with Crippen molar-refractivity contribution in [1.82, 2.24) is 4.90 Å². The highest BCUT2D eigenvalue weighted by Crippen LogP contribution is 2.33. The highest BCUT2D eigenvalue weighted by molar-refractivity contribution is 6.04. The molecular formula is C21H22N2O3. The summed E-state index contributed by atoms with van der Waals surface area (Å²) < 4.78 is 5.84. The Morgan fingerprint density at radius 3 is 2.69 bits per heavy atom. The third-order valence-corrected chi connectivity index (χ3v) is 4.85. The molecule has 26 heavy (non-hydrogen) atoms. The molecule has 2 amide bonds. The van der Waals surface area contributed by atoms with Crippen LogP contribution in [0, 0.1) is 5.92 Å². The van der Waals surface area contributed by atoms with E-state index < -0.39 is 6.10 Å². The standard InChI is InChI=1S/C21H22N2O3/c1-14-21(25)23(12-15-7-8-15)13-17-11-18(9-10-19(17)26-14)22-20(24)16-5-3-2-4-6-16/h2-6,9-11,14-15H,7-8,12-13H2,1H3,(H,22,24)/t14-/m1/s1. The molecule has 1 N–H and O–H groups in total. The molecule has 1 atom stereocenters. The van der Waals surface area contributed by atoms with Gasteiger partial charge in [-0.05, 0) is 56.0 Å². The van der Waals surface area contributed by atoms with Gasteiger partial charge in [0.2, 0.25) is 0 Å². The first-order valence-corrected chi connectivity index (χ1v) is 9.05. The minimum absolute atomic E-state index is 0.0305. The predicted molar refractivity (Wildman–Crippen MR) is 99.1 cm³/mol. The number of anilines is 1. The Labute approximate surface area is 153 Å². The molecule has 1 aliphatic heterocycles. The lowest BCUT2D eigenvalue weighted by molar-refractivity contribution is -0.137. The first-order chi connectivity index (χ1) is 12.6. The Morgan fingerprint density at radius 2 is 1.96 bits per heavy atom. The Balaban J connectivity index is 1.55. The second kappa shape index (κ2) is 6.83. The Kier molecular flexibility index (Phi) is 4.37. The van der Waals surface area contributed by atoms with E-state index in [1.807, 2.05) is 41.3 Å². The number of ether oxygens (including phenoxy) is 1. The van der Waals surface area contributed by atoms with Gasteiger partial charge in [-0.2, -0.15) is 0 Å². The fourth-order valence-electron chi connectivity index (χ4n) is 3.24. The van der Waals surface area contributed by atoms with Crippen LogP contribution in [0.3, 0.4) is 0 Å². The summed E-state index contributed by atoms with van der Waals surface area (Å²) in [4.78, 5) is 26.8. The fraction of sp³-hybridized carbons (Fsp3) is 0.333. The molecule has 2 aliphatic rings. The molecule has 0 spiro atoms. The van der Waals surface area contributed by atoms with E-state index in [1.165, 1.54) is 12.8 Å². The number of nitrogens with one attached hydrogen (secondary N) is 1. The van der Waals surface area contributed by atoms with Gasteiger partial charge in [0.25, 0.3) is 11.8 Å². The zero-order valence-corrected chi connectivity index (χ0v) is 14.8. The van der Waals surface area contributed by atoms with Gasteiger partial charge in [0.15, 0.2) is 6.10 Å². The number of hydrogen-bond acceptors (Lipinski definition) is 3. The van der Waals surface area contributed by atoms with Gasteiger partial charge < -0.3 is 15.0 Å². The van der Waals surface area contributed by atoms with Crippen molar-refractivity contribution in [2.75, 3.05) is 11.9 Å². The summed E-state index contributed by atoms with van der Waals surface area (Å²) in [5.74, 6) is 1.21. The van der Waals surface area contributed by atoms with Crippen LogP contribution in [0.25, 0.3) is 0 Å². The van der Waals surface area contributed by atoms with Crippen LogP contribution in [0.5, 0.6) is 5.75 Å². The molecule has 5 nitrogen and oxygen atoms in total. The number of fused-ring (bicyclic) bond motifs is 1. The summed E-state index contributed by atoms with van der Waals surface area (Å²) in [7, 11) is 0. The summed E-state index contributed by atoms with van der Waals surface area (Å²) in [6, 6.07) is 14.7. The van der Waals surface area contributed by atoms with Gasteiger partial charge in [0.05, 0.1) is 0 Å². The molecule has 2 aromatic rings. The zero-order chi connectivity index (χ0) is 18.1. The highest BCUT2D eigenvalue weighted by atomic mass is 16.5. The van der Waals surface area contributed by atoms with Crippen molar-refractivity contribution in [2.45, 2.75) is 32.4 Å². The van der Waals surface area contributed by atoms with Crippen LogP contribution in [-0.2, 0) is 11.3 Å². The van der Waals surface area contributed by atoms with E-state index in [-0.39, 0.29) is 11.8 Å². The lowest BCUT2D eigenvalue weighted by Gasteiger charge is -2.22. The second-order valence-corrected chi connectivity index (χ2v) is 7.06. The first-order valence-electron chi connectivity index (χ1n) is 9.05. The van der Waals surface area contributed by atoms with Crippen molar-refractivity contribution < 1.29 is 14.3 Å². The number of rotatable bonds is 4. The maximum Gasteiger partial charge on any atom is 0.263 e. The molecule has 4 rings (SSSR count). The van der Waals surface area contributed by atoms with Crippen molar-refractivity contribution in [3.63, 3.8) is 0 Å². The lowest BCUT2D eigenvalue weighted by Crippen LogP contribution is -2.39. The van der Waals surface area contributed by atoms with Gasteiger partial charge in [-0.3, -0.25) is 9.59 Å². The molecular weight excluding hydrogens is 328 g/mol. The van der Waals surface area contributed by atoms with Gasteiger partial charge in [0, 0.05) is 29.9 Å². The van der Waals surface area contributed by atoms with E-state index in [4.69, 9.17) is 4.74 Å². The van der Waals surface area contributed by atoms with E-state index >= 15 is 0 Å². The predicted octanol–water partition coefficient (Wildman–Crippen LogP) is 3.46. The highest BCUT2D eigenvalue weighted by Gasteiger charge is 2.32. The van der Waals surface area contributed by atoms with Gasteiger partial charge in [-0.1, -0.05) is 18.2 Å². The second-order valence-electron chi connectivity index (χ2n) is 7.06.